The highest BCUT2D eigenvalue weighted by Crippen LogP contribution is 2.36. The Morgan fingerprint density at radius 1 is 1.16 bits per heavy atom. The van der Waals surface area contributed by atoms with Gasteiger partial charge in [-0.1, -0.05) is 38.1 Å². The summed E-state index contributed by atoms with van der Waals surface area (Å²) >= 11 is 0. The van der Waals surface area contributed by atoms with Crippen LogP contribution in [-0.4, -0.2) is 70.3 Å². The van der Waals surface area contributed by atoms with Gasteiger partial charge in [0.25, 0.3) is 5.91 Å². The maximum atomic E-state index is 13.4. The molecule has 0 radical (unpaired) electrons. The first-order chi connectivity index (χ1) is 17.6. The Labute approximate surface area is 216 Å². The lowest BCUT2D eigenvalue weighted by atomic mass is 9.85. The molecule has 0 aliphatic carbocycles. The highest BCUT2D eigenvalue weighted by atomic mass is 16.5. The fourth-order valence-corrected chi connectivity index (χ4v) is 4.24. The Balaban J connectivity index is 1.68. The number of anilines is 1. The van der Waals surface area contributed by atoms with Crippen molar-refractivity contribution in [3.8, 4) is 11.4 Å². The van der Waals surface area contributed by atoms with Crippen LogP contribution in [-0.2, 0) is 16.7 Å². The van der Waals surface area contributed by atoms with Gasteiger partial charge in [-0.2, -0.15) is 0 Å². The van der Waals surface area contributed by atoms with E-state index in [9.17, 15) is 14.7 Å². The summed E-state index contributed by atoms with van der Waals surface area (Å²) in [6.07, 6.45) is 1.32. The number of hydrogen-bond donors (Lipinski definition) is 2. The molecule has 1 aliphatic heterocycles. The summed E-state index contributed by atoms with van der Waals surface area (Å²) in [6.45, 7) is 12.0. The fraction of sp³-hybridized carbons (Fsp3) is 0.407. The molecule has 37 heavy (non-hydrogen) atoms. The second kappa shape index (κ2) is 10.7. The number of ether oxygens (including phenoxy) is 2. The van der Waals surface area contributed by atoms with Crippen LogP contribution >= 0.6 is 0 Å². The van der Waals surface area contributed by atoms with Gasteiger partial charge in [0.15, 0.2) is 5.69 Å². The van der Waals surface area contributed by atoms with E-state index in [1.807, 2.05) is 13.0 Å². The van der Waals surface area contributed by atoms with Gasteiger partial charge in [0.05, 0.1) is 37.9 Å². The van der Waals surface area contributed by atoms with Gasteiger partial charge in [0.1, 0.15) is 5.75 Å². The highest BCUT2D eigenvalue weighted by molar-refractivity contribution is 6.05. The molecule has 196 valence electrons. The summed E-state index contributed by atoms with van der Waals surface area (Å²) in [5.41, 5.74) is 4.14. The maximum absolute atomic E-state index is 13.4. The first-order valence-corrected chi connectivity index (χ1v) is 12.2. The third-order valence-electron chi connectivity index (χ3n) is 6.41. The molecule has 1 saturated heterocycles. The largest absolute Gasteiger partial charge is 0.494 e. The number of benzene rings is 2. The Bertz CT molecular complexity index is 1310. The minimum Gasteiger partial charge on any atom is -0.494 e. The number of carbonyl (C=O) groups is 2. The summed E-state index contributed by atoms with van der Waals surface area (Å²) in [5.74, 6) is -0.861. The number of rotatable bonds is 7. The summed E-state index contributed by atoms with van der Waals surface area (Å²) in [7, 11) is 1.61. The van der Waals surface area contributed by atoms with Gasteiger partial charge in [0.2, 0.25) is 0 Å². The molecular formula is C27H33N5O5. The van der Waals surface area contributed by atoms with Crippen molar-refractivity contribution in [2.45, 2.75) is 39.7 Å². The van der Waals surface area contributed by atoms with Crippen LogP contribution in [0.1, 0.15) is 58.3 Å². The minimum absolute atomic E-state index is 0.141. The SMILES string of the molecule is COc1c(CN2CCOCC2)cc(C(C)(C)C)cc1NC(=O)c1ccc(C)c(-n2cc(C(=O)O)nn2)c1. The molecule has 0 saturated carbocycles. The van der Waals surface area contributed by atoms with E-state index in [2.05, 4.69) is 47.4 Å². The molecule has 0 bridgehead atoms. The standard InChI is InChI=1S/C27H33N5O5/c1-17-6-7-18(13-23(17)32-16-22(26(34)35)29-30-32)25(33)28-21-14-20(27(2,3)4)12-19(24(21)36-5)15-31-8-10-37-11-9-31/h6-7,12-14,16H,8-11,15H2,1-5H3,(H,28,33)(H,34,35). The number of carboxylic acids is 1. The van der Waals surface area contributed by atoms with Gasteiger partial charge in [0, 0.05) is 30.8 Å². The van der Waals surface area contributed by atoms with Gasteiger partial charge < -0.3 is 19.9 Å². The van der Waals surface area contributed by atoms with Crippen molar-refractivity contribution in [1.82, 2.24) is 19.9 Å². The van der Waals surface area contributed by atoms with E-state index in [0.29, 0.717) is 42.4 Å². The van der Waals surface area contributed by atoms with Gasteiger partial charge in [-0.25, -0.2) is 9.48 Å². The van der Waals surface area contributed by atoms with E-state index in [0.717, 1.165) is 29.8 Å². The monoisotopic (exact) mass is 507 g/mol. The molecule has 10 heteroatoms. The van der Waals surface area contributed by atoms with Crippen LogP contribution in [0.5, 0.6) is 5.75 Å². The number of hydrogen-bond acceptors (Lipinski definition) is 7. The number of nitrogens with zero attached hydrogens (tertiary/aromatic N) is 4. The zero-order chi connectivity index (χ0) is 26.7. The predicted octanol–water partition coefficient (Wildman–Crippen LogP) is 3.66. The molecule has 1 aliphatic rings. The van der Waals surface area contributed by atoms with Crippen molar-refractivity contribution in [1.29, 1.82) is 0 Å². The van der Waals surface area contributed by atoms with Crippen molar-refractivity contribution < 1.29 is 24.2 Å². The van der Waals surface area contributed by atoms with Crippen molar-refractivity contribution >= 4 is 17.6 Å². The van der Waals surface area contributed by atoms with E-state index in [-0.39, 0.29) is 17.0 Å². The molecule has 1 fully saturated rings. The second-order valence-corrected chi connectivity index (χ2v) is 10.2. The van der Waals surface area contributed by atoms with E-state index < -0.39 is 5.97 Å². The van der Waals surface area contributed by atoms with Crippen LogP contribution in [0.25, 0.3) is 5.69 Å². The van der Waals surface area contributed by atoms with E-state index >= 15 is 0 Å². The smallest absolute Gasteiger partial charge is 0.358 e. The van der Waals surface area contributed by atoms with E-state index in [1.54, 1.807) is 25.3 Å². The summed E-state index contributed by atoms with van der Waals surface area (Å²) < 4.78 is 12.7. The zero-order valence-corrected chi connectivity index (χ0v) is 21.9. The molecule has 0 spiro atoms. The molecule has 2 aromatic carbocycles. The molecule has 1 amide bonds. The van der Waals surface area contributed by atoms with Gasteiger partial charge in [-0.15, -0.1) is 5.10 Å². The quantitative estimate of drug-likeness (QED) is 0.497. The second-order valence-electron chi connectivity index (χ2n) is 10.2. The molecule has 0 atom stereocenters. The molecule has 4 rings (SSSR count). The molecule has 1 aromatic heterocycles. The lowest BCUT2D eigenvalue weighted by Crippen LogP contribution is -2.35. The maximum Gasteiger partial charge on any atom is 0.358 e. The van der Waals surface area contributed by atoms with Crippen LogP contribution in [0.3, 0.4) is 0 Å². The molecule has 0 unspecified atom stereocenters. The third-order valence-corrected chi connectivity index (χ3v) is 6.41. The van der Waals surface area contributed by atoms with Crippen molar-refractivity contribution in [2.24, 2.45) is 0 Å². The lowest BCUT2D eigenvalue weighted by molar-refractivity contribution is 0.0339. The predicted molar refractivity (Wildman–Crippen MR) is 139 cm³/mol. The van der Waals surface area contributed by atoms with Crippen LogP contribution in [0.15, 0.2) is 36.5 Å². The number of methoxy groups -OCH3 is 1. The Hall–Kier alpha value is -3.76. The summed E-state index contributed by atoms with van der Waals surface area (Å²) in [4.78, 5) is 27.0. The number of carboxylic acid groups (broad SMARTS) is 1. The van der Waals surface area contributed by atoms with E-state index in [1.165, 1.54) is 10.9 Å². The van der Waals surface area contributed by atoms with Crippen molar-refractivity contribution in [2.75, 3.05) is 38.7 Å². The van der Waals surface area contributed by atoms with Crippen LogP contribution < -0.4 is 10.1 Å². The van der Waals surface area contributed by atoms with Crippen LogP contribution in [0.4, 0.5) is 5.69 Å². The number of nitrogens with one attached hydrogen (secondary N) is 1. The fourth-order valence-electron chi connectivity index (χ4n) is 4.24. The normalized spacial score (nSPS) is 14.4. The number of aryl methyl sites for hydroxylation is 1. The lowest BCUT2D eigenvalue weighted by Gasteiger charge is -2.29. The Kier molecular flexibility index (Phi) is 7.60. The zero-order valence-electron chi connectivity index (χ0n) is 21.9. The minimum atomic E-state index is -1.17. The van der Waals surface area contributed by atoms with Gasteiger partial charge in [-0.3, -0.25) is 9.69 Å². The average Bonchev–Trinajstić information content (AvgIpc) is 3.35. The number of aromatic carboxylic acids is 1. The topological polar surface area (TPSA) is 119 Å². The molecule has 3 aromatic rings. The first kappa shape index (κ1) is 26.3. The molecule has 2 N–H and O–H groups in total. The van der Waals surface area contributed by atoms with Gasteiger partial charge >= 0.3 is 5.97 Å². The average molecular weight is 508 g/mol. The van der Waals surface area contributed by atoms with Crippen LogP contribution in [0, 0.1) is 6.92 Å². The van der Waals surface area contributed by atoms with Crippen molar-refractivity contribution in [3.63, 3.8) is 0 Å². The first-order valence-electron chi connectivity index (χ1n) is 12.2. The van der Waals surface area contributed by atoms with Gasteiger partial charge in [-0.05, 0) is 41.7 Å². The summed E-state index contributed by atoms with van der Waals surface area (Å²) in [6, 6.07) is 9.29. The molecule has 10 nitrogen and oxygen atoms in total. The molecular weight excluding hydrogens is 474 g/mol. The Morgan fingerprint density at radius 2 is 1.89 bits per heavy atom. The number of amides is 1. The number of aromatic nitrogens is 3. The Morgan fingerprint density at radius 3 is 2.51 bits per heavy atom. The van der Waals surface area contributed by atoms with E-state index in [4.69, 9.17) is 9.47 Å². The highest BCUT2D eigenvalue weighted by Gasteiger charge is 2.23. The molecule has 2 heterocycles. The van der Waals surface area contributed by atoms with Crippen molar-refractivity contribution in [3.05, 3.63) is 64.5 Å². The number of carbonyl (C=O) groups excluding carboxylic acids is 1. The van der Waals surface area contributed by atoms with Crippen LogP contribution in [0.2, 0.25) is 0 Å². The summed E-state index contributed by atoms with van der Waals surface area (Å²) in [5, 5.41) is 19.8. The number of morpholine rings is 1. The third kappa shape index (κ3) is 5.98.